The highest BCUT2D eigenvalue weighted by Crippen LogP contribution is 2.21. The van der Waals surface area contributed by atoms with Gasteiger partial charge in [-0.15, -0.1) is 0 Å². The first-order valence-corrected chi connectivity index (χ1v) is 8.20. The minimum atomic E-state index is -0.412. The molecule has 1 aromatic heterocycles. The summed E-state index contributed by atoms with van der Waals surface area (Å²) >= 11 is 9.48. The molecule has 122 valence electrons. The Kier molecular flexibility index (Phi) is 5.85. The van der Waals surface area contributed by atoms with Crippen molar-refractivity contribution < 1.29 is 4.79 Å². The first-order chi connectivity index (χ1) is 10.9. The lowest BCUT2D eigenvalue weighted by molar-refractivity contribution is 0.252. The second-order valence-electron chi connectivity index (χ2n) is 5.16. The lowest BCUT2D eigenvalue weighted by Crippen LogP contribution is -2.34. The molecule has 0 saturated carbocycles. The van der Waals surface area contributed by atoms with Gasteiger partial charge in [-0.3, -0.25) is 4.79 Å². The van der Waals surface area contributed by atoms with Gasteiger partial charge in [0.15, 0.2) is 0 Å². The van der Waals surface area contributed by atoms with E-state index in [2.05, 4.69) is 26.6 Å². The Labute approximate surface area is 147 Å². The number of carbonyl (C=O) groups is 1. The summed E-state index contributed by atoms with van der Waals surface area (Å²) in [6.45, 7) is 2.19. The Morgan fingerprint density at radius 2 is 2.09 bits per heavy atom. The molecule has 1 heterocycles. The standard InChI is InChI=1S/C16H17BrClN3O2/c1-10-6-8-21(2)15(22)14(10)20-16(23)19-7-5-11-3-4-12(17)9-13(11)18/h3-4,6,8-9H,5,7H2,1-2H3,(H2,19,20,23). The number of hydrogen-bond donors (Lipinski definition) is 2. The highest BCUT2D eigenvalue weighted by molar-refractivity contribution is 9.10. The molecule has 0 unspecified atom stereocenters. The van der Waals surface area contributed by atoms with Gasteiger partial charge in [0, 0.05) is 29.3 Å². The number of pyridine rings is 1. The van der Waals surface area contributed by atoms with Crippen LogP contribution in [0.25, 0.3) is 0 Å². The molecule has 1 aromatic carbocycles. The number of rotatable bonds is 4. The molecule has 0 aliphatic heterocycles. The first kappa shape index (κ1) is 17.6. The predicted octanol–water partition coefficient (Wildman–Crippen LogP) is 3.47. The van der Waals surface area contributed by atoms with Gasteiger partial charge in [-0.2, -0.15) is 0 Å². The van der Waals surface area contributed by atoms with Crippen LogP contribution in [0.2, 0.25) is 5.02 Å². The monoisotopic (exact) mass is 397 g/mol. The molecule has 0 aliphatic carbocycles. The summed E-state index contributed by atoms with van der Waals surface area (Å²) in [6.07, 6.45) is 2.27. The summed E-state index contributed by atoms with van der Waals surface area (Å²) in [6, 6.07) is 6.98. The van der Waals surface area contributed by atoms with Crippen molar-refractivity contribution in [1.29, 1.82) is 0 Å². The Bertz CT molecular complexity index is 789. The van der Waals surface area contributed by atoms with E-state index >= 15 is 0 Å². The summed E-state index contributed by atoms with van der Waals surface area (Å²) < 4.78 is 2.33. The lowest BCUT2D eigenvalue weighted by Gasteiger charge is -2.11. The van der Waals surface area contributed by atoms with E-state index in [1.54, 1.807) is 26.2 Å². The van der Waals surface area contributed by atoms with Gasteiger partial charge in [-0.05, 0) is 42.7 Å². The molecule has 0 fully saturated rings. The minimum absolute atomic E-state index is 0.240. The van der Waals surface area contributed by atoms with Gasteiger partial charge in [-0.25, -0.2) is 4.79 Å². The number of hydrogen-bond acceptors (Lipinski definition) is 2. The third-order valence-electron chi connectivity index (χ3n) is 3.41. The quantitative estimate of drug-likeness (QED) is 0.828. The van der Waals surface area contributed by atoms with Crippen molar-refractivity contribution in [3.63, 3.8) is 0 Å². The molecule has 0 atom stereocenters. The average molecular weight is 399 g/mol. The van der Waals surface area contributed by atoms with Crippen LogP contribution in [0.5, 0.6) is 0 Å². The Hall–Kier alpha value is -1.79. The molecular formula is C16H17BrClN3O2. The van der Waals surface area contributed by atoms with Crippen molar-refractivity contribution in [3.8, 4) is 0 Å². The fourth-order valence-corrected chi connectivity index (χ4v) is 2.83. The molecule has 2 rings (SSSR count). The van der Waals surface area contributed by atoms with Crippen molar-refractivity contribution in [1.82, 2.24) is 9.88 Å². The number of aromatic nitrogens is 1. The molecule has 7 heteroatoms. The number of carbonyl (C=O) groups excluding carboxylic acids is 1. The lowest BCUT2D eigenvalue weighted by atomic mass is 10.1. The SMILES string of the molecule is Cc1ccn(C)c(=O)c1NC(=O)NCCc1ccc(Br)cc1Cl. The number of nitrogens with zero attached hydrogens (tertiary/aromatic N) is 1. The normalized spacial score (nSPS) is 10.4. The topological polar surface area (TPSA) is 63.1 Å². The second kappa shape index (κ2) is 7.66. The third-order valence-corrected chi connectivity index (χ3v) is 4.26. The highest BCUT2D eigenvalue weighted by Gasteiger charge is 2.09. The molecule has 0 saturated heterocycles. The molecule has 5 nitrogen and oxygen atoms in total. The third kappa shape index (κ3) is 4.59. The molecule has 0 spiro atoms. The summed E-state index contributed by atoms with van der Waals surface area (Å²) in [5.74, 6) is 0. The van der Waals surface area contributed by atoms with Gasteiger partial charge >= 0.3 is 6.03 Å². The number of nitrogens with one attached hydrogen (secondary N) is 2. The van der Waals surface area contributed by atoms with E-state index in [0.29, 0.717) is 18.0 Å². The Balaban J connectivity index is 1.93. The van der Waals surface area contributed by atoms with Gasteiger partial charge in [0.25, 0.3) is 5.56 Å². The fraction of sp³-hybridized carbons (Fsp3) is 0.250. The van der Waals surface area contributed by atoms with E-state index in [4.69, 9.17) is 11.6 Å². The van der Waals surface area contributed by atoms with Crippen LogP contribution in [0.3, 0.4) is 0 Å². The maximum absolute atomic E-state index is 12.0. The predicted molar refractivity (Wildman–Crippen MR) is 96.3 cm³/mol. The van der Waals surface area contributed by atoms with E-state index in [-0.39, 0.29) is 11.2 Å². The van der Waals surface area contributed by atoms with E-state index < -0.39 is 6.03 Å². The van der Waals surface area contributed by atoms with E-state index in [9.17, 15) is 9.59 Å². The van der Waals surface area contributed by atoms with Crippen LogP contribution in [0.4, 0.5) is 10.5 Å². The van der Waals surface area contributed by atoms with Gasteiger partial charge < -0.3 is 15.2 Å². The molecule has 0 bridgehead atoms. The number of aryl methyl sites for hydroxylation is 2. The molecule has 0 aliphatic rings. The minimum Gasteiger partial charge on any atom is -0.338 e. The van der Waals surface area contributed by atoms with Gasteiger partial charge in [0.1, 0.15) is 5.69 Å². The molecule has 2 N–H and O–H groups in total. The molecule has 2 aromatic rings. The van der Waals surface area contributed by atoms with Gasteiger partial charge in [-0.1, -0.05) is 33.6 Å². The molecule has 23 heavy (non-hydrogen) atoms. The summed E-state index contributed by atoms with van der Waals surface area (Å²) in [5.41, 5.74) is 1.71. The summed E-state index contributed by atoms with van der Waals surface area (Å²) in [4.78, 5) is 23.9. The summed E-state index contributed by atoms with van der Waals surface area (Å²) in [5, 5.41) is 5.98. The fourth-order valence-electron chi connectivity index (χ4n) is 2.06. The van der Waals surface area contributed by atoms with Crippen LogP contribution >= 0.6 is 27.5 Å². The maximum Gasteiger partial charge on any atom is 0.319 e. The van der Waals surface area contributed by atoms with Crippen molar-refractivity contribution in [2.75, 3.05) is 11.9 Å². The smallest absolute Gasteiger partial charge is 0.319 e. The second-order valence-corrected chi connectivity index (χ2v) is 6.48. The van der Waals surface area contributed by atoms with Gasteiger partial charge in [0.05, 0.1) is 0 Å². The molecule has 2 amide bonds. The maximum atomic E-state index is 12.0. The number of amides is 2. The molecule has 0 radical (unpaired) electrons. The zero-order valence-corrected chi connectivity index (χ0v) is 15.2. The number of halogens is 2. The zero-order valence-electron chi connectivity index (χ0n) is 12.8. The first-order valence-electron chi connectivity index (χ1n) is 7.03. The Morgan fingerprint density at radius 1 is 1.35 bits per heavy atom. The largest absolute Gasteiger partial charge is 0.338 e. The summed E-state index contributed by atoms with van der Waals surface area (Å²) in [7, 11) is 1.64. The van der Waals surface area contributed by atoms with Crippen LogP contribution in [0, 0.1) is 6.92 Å². The van der Waals surface area contributed by atoms with E-state index in [1.807, 2.05) is 18.2 Å². The van der Waals surface area contributed by atoms with Crippen LogP contribution in [-0.4, -0.2) is 17.1 Å². The van der Waals surface area contributed by atoms with Crippen molar-refractivity contribution in [3.05, 3.63) is 61.4 Å². The van der Waals surface area contributed by atoms with Crippen LogP contribution in [-0.2, 0) is 13.5 Å². The van der Waals surface area contributed by atoms with Crippen LogP contribution < -0.4 is 16.2 Å². The van der Waals surface area contributed by atoms with Crippen molar-refractivity contribution in [2.45, 2.75) is 13.3 Å². The van der Waals surface area contributed by atoms with Crippen molar-refractivity contribution in [2.24, 2.45) is 7.05 Å². The van der Waals surface area contributed by atoms with Crippen molar-refractivity contribution >= 4 is 39.2 Å². The van der Waals surface area contributed by atoms with E-state index in [0.717, 1.165) is 15.6 Å². The zero-order chi connectivity index (χ0) is 17.0. The number of anilines is 1. The van der Waals surface area contributed by atoms with Crippen LogP contribution in [0.1, 0.15) is 11.1 Å². The number of urea groups is 1. The Morgan fingerprint density at radius 3 is 2.78 bits per heavy atom. The van der Waals surface area contributed by atoms with Crippen LogP contribution in [0.15, 0.2) is 39.7 Å². The highest BCUT2D eigenvalue weighted by atomic mass is 79.9. The molecular weight excluding hydrogens is 382 g/mol. The van der Waals surface area contributed by atoms with Gasteiger partial charge in [0.2, 0.25) is 0 Å². The van der Waals surface area contributed by atoms with E-state index in [1.165, 1.54) is 4.57 Å². The number of benzene rings is 1. The average Bonchev–Trinajstić information content (AvgIpc) is 2.50.